The molecule has 0 amide bonds. The van der Waals surface area contributed by atoms with E-state index >= 15 is 0 Å². The van der Waals surface area contributed by atoms with Gasteiger partial charge in [0.15, 0.2) is 0 Å². The molecule has 0 aliphatic rings. The summed E-state index contributed by atoms with van der Waals surface area (Å²) in [6, 6.07) is 4.06. The molecule has 1 atom stereocenters. The molecule has 0 aromatic carbocycles. The number of halogens is 1. The normalized spacial score (nSPS) is 12.7. The molecule has 0 fully saturated rings. The molecule has 1 unspecified atom stereocenters. The Balaban J connectivity index is 2.33. The Kier molecular flexibility index (Phi) is 5.61. The van der Waals surface area contributed by atoms with Gasteiger partial charge in [-0.3, -0.25) is 0 Å². The molecule has 0 bridgehead atoms. The summed E-state index contributed by atoms with van der Waals surface area (Å²) in [6.07, 6.45) is 1.79. The lowest BCUT2D eigenvalue weighted by Crippen LogP contribution is -2.23. The fraction of sp³-hybridized carbons (Fsp3) is 0.545. The Morgan fingerprint density at radius 3 is 2.93 bits per heavy atom. The highest BCUT2D eigenvalue weighted by molar-refractivity contribution is 6.29. The summed E-state index contributed by atoms with van der Waals surface area (Å²) in [5, 5.41) is 3.87. The lowest BCUT2D eigenvalue weighted by atomic mass is 10.1. The van der Waals surface area contributed by atoms with Gasteiger partial charge in [-0.2, -0.15) is 0 Å². The van der Waals surface area contributed by atoms with Crippen molar-refractivity contribution >= 4 is 11.6 Å². The molecule has 1 aromatic heterocycles. The van der Waals surface area contributed by atoms with Crippen LogP contribution < -0.4 is 5.32 Å². The average molecular weight is 229 g/mol. The van der Waals surface area contributed by atoms with E-state index in [1.807, 2.05) is 13.0 Å². The molecule has 0 saturated heterocycles. The second-order valence-corrected chi connectivity index (χ2v) is 3.67. The van der Waals surface area contributed by atoms with Crippen molar-refractivity contribution in [2.24, 2.45) is 0 Å². The molecule has 1 N–H and O–H groups in total. The number of hydrogen-bond acceptors (Lipinski definition) is 3. The summed E-state index contributed by atoms with van der Waals surface area (Å²) < 4.78 is 5.24. The fourth-order valence-corrected chi connectivity index (χ4v) is 1.36. The lowest BCUT2D eigenvalue weighted by molar-refractivity contribution is 0.147. The molecule has 84 valence electrons. The van der Waals surface area contributed by atoms with Gasteiger partial charge in [0, 0.05) is 25.4 Å². The monoisotopic (exact) mass is 228 g/mol. The van der Waals surface area contributed by atoms with E-state index in [1.54, 1.807) is 12.3 Å². The number of nitrogens with zero attached hydrogens (tertiary/aromatic N) is 1. The van der Waals surface area contributed by atoms with E-state index in [1.165, 1.54) is 0 Å². The molecule has 1 rings (SSSR count). The third-order valence-corrected chi connectivity index (χ3v) is 2.37. The van der Waals surface area contributed by atoms with Crippen LogP contribution in [0.15, 0.2) is 18.3 Å². The van der Waals surface area contributed by atoms with E-state index in [4.69, 9.17) is 16.3 Å². The molecule has 0 aliphatic heterocycles. The molecule has 4 heteroatoms. The molecule has 0 saturated carbocycles. The Bertz CT molecular complexity index is 276. The lowest BCUT2D eigenvalue weighted by Gasteiger charge is -2.13. The van der Waals surface area contributed by atoms with Crippen molar-refractivity contribution in [2.45, 2.75) is 19.9 Å². The molecule has 0 spiro atoms. The van der Waals surface area contributed by atoms with Crippen molar-refractivity contribution in [2.75, 3.05) is 19.8 Å². The third-order valence-electron chi connectivity index (χ3n) is 2.15. The largest absolute Gasteiger partial charge is 0.380 e. The van der Waals surface area contributed by atoms with Crippen molar-refractivity contribution in [3.8, 4) is 0 Å². The van der Waals surface area contributed by atoms with E-state index in [0.717, 1.165) is 25.3 Å². The van der Waals surface area contributed by atoms with Crippen LogP contribution >= 0.6 is 11.6 Å². The second-order valence-electron chi connectivity index (χ2n) is 3.29. The van der Waals surface area contributed by atoms with Crippen LogP contribution in [0.4, 0.5) is 0 Å². The summed E-state index contributed by atoms with van der Waals surface area (Å²) in [5.74, 6) is 0. The first-order valence-electron chi connectivity index (χ1n) is 5.16. The van der Waals surface area contributed by atoms with Crippen LogP contribution in [0.2, 0.25) is 5.15 Å². The van der Waals surface area contributed by atoms with Gasteiger partial charge in [-0.1, -0.05) is 17.7 Å². The van der Waals surface area contributed by atoms with Gasteiger partial charge in [-0.05, 0) is 25.5 Å². The molecular formula is C11H17ClN2O. The highest BCUT2D eigenvalue weighted by Crippen LogP contribution is 2.12. The third kappa shape index (κ3) is 4.60. The second kappa shape index (κ2) is 6.77. The summed E-state index contributed by atoms with van der Waals surface area (Å²) in [6.45, 7) is 6.43. The predicted molar refractivity (Wildman–Crippen MR) is 62.2 cm³/mol. The van der Waals surface area contributed by atoms with E-state index in [9.17, 15) is 0 Å². The van der Waals surface area contributed by atoms with Gasteiger partial charge in [-0.15, -0.1) is 0 Å². The first kappa shape index (κ1) is 12.4. The van der Waals surface area contributed by atoms with Crippen LogP contribution in [-0.4, -0.2) is 24.7 Å². The van der Waals surface area contributed by atoms with Gasteiger partial charge in [0.1, 0.15) is 5.15 Å². The van der Waals surface area contributed by atoms with E-state index in [0.29, 0.717) is 5.15 Å². The van der Waals surface area contributed by atoms with Crippen LogP contribution in [-0.2, 0) is 4.74 Å². The van der Waals surface area contributed by atoms with Crippen molar-refractivity contribution in [1.29, 1.82) is 0 Å². The van der Waals surface area contributed by atoms with E-state index in [-0.39, 0.29) is 6.04 Å². The zero-order chi connectivity index (χ0) is 11.1. The first-order chi connectivity index (χ1) is 7.24. The fourth-order valence-electron chi connectivity index (χ4n) is 1.25. The van der Waals surface area contributed by atoms with Gasteiger partial charge >= 0.3 is 0 Å². The zero-order valence-electron chi connectivity index (χ0n) is 9.16. The topological polar surface area (TPSA) is 34.1 Å². The maximum Gasteiger partial charge on any atom is 0.129 e. The minimum absolute atomic E-state index is 0.273. The standard InChI is InChI=1S/C11H17ClN2O/c1-3-15-7-6-13-9(2)10-4-5-11(12)14-8-10/h4-5,8-9,13H,3,6-7H2,1-2H3. The average Bonchev–Trinajstić information content (AvgIpc) is 2.25. The Morgan fingerprint density at radius 1 is 1.53 bits per heavy atom. The molecular weight excluding hydrogens is 212 g/mol. The van der Waals surface area contributed by atoms with Gasteiger partial charge in [0.05, 0.1) is 6.61 Å². The van der Waals surface area contributed by atoms with Crippen LogP contribution in [0.3, 0.4) is 0 Å². The van der Waals surface area contributed by atoms with E-state index < -0.39 is 0 Å². The van der Waals surface area contributed by atoms with Crippen LogP contribution in [0.25, 0.3) is 0 Å². The molecule has 15 heavy (non-hydrogen) atoms. The van der Waals surface area contributed by atoms with Gasteiger partial charge < -0.3 is 10.1 Å². The highest BCUT2D eigenvalue weighted by atomic mass is 35.5. The number of hydrogen-bond donors (Lipinski definition) is 1. The smallest absolute Gasteiger partial charge is 0.129 e. The quantitative estimate of drug-likeness (QED) is 0.600. The number of pyridine rings is 1. The maximum absolute atomic E-state index is 5.71. The van der Waals surface area contributed by atoms with Gasteiger partial charge in [0.2, 0.25) is 0 Å². The van der Waals surface area contributed by atoms with Crippen LogP contribution in [0.5, 0.6) is 0 Å². The van der Waals surface area contributed by atoms with Crippen molar-refractivity contribution in [3.63, 3.8) is 0 Å². The van der Waals surface area contributed by atoms with Crippen molar-refractivity contribution in [1.82, 2.24) is 10.3 Å². The zero-order valence-corrected chi connectivity index (χ0v) is 9.92. The summed E-state index contributed by atoms with van der Waals surface area (Å²) in [5.41, 5.74) is 1.14. The summed E-state index contributed by atoms with van der Waals surface area (Å²) in [4.78, 5) is 4.04. The minimum Gasteiger partial charge on any atom is -0.380 e. The summed E-state index contributed by atoms with van der Waals surface area (Å²) in [7, 11) is 0. The van der Waals surface area contributed by atoms with Crippen LogP contribution in [0, 0.1) is 0 Å². The Labute approximate surface area is 95.8 Å². The molecule has 1 aromatic rings. The Morgan fingerprint density at radius 2 is 2.33 bits per heavy atom. The highest BCUT2D eigenvalue weighted by Gasteiger charge is 2.04. The first-order valence-corrected chi connectivity index (χ1v) is 5.54. The van der Waals surface area contributed by atoms with E-state index in [2.05, 4.69) is 17.2 Å². The number of nitrogens with one attached hydrogen (secondary N) is 1. The maximum atomic E-state index is 5.71. The molecule has 0 aliphatic carbocycles. The molecule has 0 radical (unpaired) electrons. The Hall–Kier alpha value is -0.640. The predicted octanol–water partition coefficient (Wildman–Crippen LogP) is 2.42. The minimum atomic E-state index is 0.273. The molecule has 1 heterocycles. The SMILES string of the molecule is CCOCCNC(C)c1ccc(Cl)nc1. The molecule has 3 nitrogen and oxygen atoms in total. The van der Waals surface area contributed by atoms with Gasteiger partial charge in [-0.25, -0.2) is 4.98 Å². The van der Waals surface area contributed by atoms with Crippen molar-refractivity contribution in [3.05, 3.63) is 29.0 Å². The summed E-state index contributed by atoms with van der Waals surface area (Å²) >= 11 is 5.71. The number of rotatable bonds is 6. The number of aromatic nitrogens is 1. The number of ether oxygens (including phenoxy) is 1. The van der Waals surface area contributed by atoms with Crippen molar-refractivity contribution < 1.29 is 4.74 Å². The van der Waals surface area contributed by atoms with Crippen LogP contribution in [0.1, 0.15) is 25.5 Å². The van der Waals surface area contributed by atoms with Gasteiger partial charge in [0.25, 0.3) is 0 Å².